The van der Waals surface area contributed by atoms with Crippen LogP contribution in [-0.2, 0) is 22.6 Å². The van der Waals surface area contributed by atoms with Crippen LogP contribution in [0.4, 0.5) is 13.2 Å². The van der Waals surface area contributed by atoms with E-state index in [-0.39, 0.29) is 12.1 Å². The van der Waals surface area contributed by atoms with Crippen LogP contribution in [0.25, 0.3) is 0 Å². The molecule has 1 aliphatic rings. The van der Waals surface area contributed by atoms with Crippen LogP contribution in [-0.4, -0.2) is 38.5 Å². The molecule has 0 aliphatic heterocycles. The number of rotatable bonds is 5. The van der Waals surface area contributed by atoms with Crippen molar-refractivity contribution in [1.29, 1.82) is 0 Å². The van der Waals surface area contributed by atoms with Gasteiger partial charge in [0.15, 0.2) is 0 Å². The van der Waals surface area contributed by atoms with E-state index in [0.29, 0.717) is 24.1 Å². The minimum atomic E-state index is -4.40. The number of aromatic nitrogens is 2. The first-order chi connectivity index (χ1) is 10.0. The van der Waals surface area contributed by atoms with Crippen molar-refractivity contribution < 1.29 is 27.9 Å². The number of alkyl halides is 3. The molecule has 1 saturated carbocycles. The van der Waals surface area contributed by atoms with Crippen LogP contribution in [0, 0.1) is 13.8 Å². The van der Waals surface area contributed by atoms with E-state index >= 15 is 0 Å². The van der Waals surface area contributed by atoms with E-state index in [2.05, 4.69) is 10.4 Å². The van der Waals surface area contributed by atoms with Crippen LogP contribution in [0.15, 0.2) is 0 Å². The average Bonchev–Trinajstić information content (AvgIpc) is 3.08. The number of aryl methyl sites for hydroxylation is 1. The van der Waals surface area contributed by atoms with Crippen molar-refractivity contribution in [2.45, 2.75) is 51.4 Å². The number of carboxylic acids is 1. The van der Waals surface area contributed by atoms with Crippen LogP contribution >= 0.6 is 0 Å². The molecule has 1 heterocycles. The summed E-state index contributed by atoms with van der Waals surface area (Å²) in [5, 5.41) is 15.2. The second-order valence-electron chi connectivity index (χ2n) is 5.53. The molecule has 0 spiro atoms. The van der Waals surface area contributed by atoms with Crippen LogP contribution in [0.5, 0.6) is 0 Å². The molecule has 0 bridgehead atoms. The van der Waals surface area contributed by atoms with Crippen molar-refractivity contribution in [3.8, 4) is 0 Å². The summed E-state index contributed by atoms with van der Waals surface area (Å²) in [6, 6.07) is 0. The summed E-state index contributed by atoms with van der Waals surface area (Å²) in [5.74, 6) is -1.63. The monoisotopic (exact) mass is 319 g/mol. The van der Waals surface area contributed by atoms with Crippen LogP contribution < -0.4 is 5.32 Å². The zero-order chi connectivity index (χ0) is 16.7. The normalized spacial score (nSPS) is 16.4. The third-order valence-electron chi connectivity index (χ3n) is 3.74. The molecule has 0 unspecified atom stereocenters. The highest BCUT2D eigenvalue weighted by Crippen LogP contribution is 2.35. The van der Waals surface area contributed by atoms with Crippen molar-refractivity contribution in [3.63, 3.8) is 0 Å². The molecule has 6 nitrogen and oxygen atoms in total. The molecule has 1 aromatic rings. The molecule has 1 aromatic heterocycles. The Kier molecular flexibility index (Phi) is 3.92. The Balaban J connectivity index is 2.10. The molecule has 0 saturated heterocycles. The number of carboxylic acid groups (broad SMARTS) is 1. The molecule has 0 radical (unpaired) electrons. The Hall–Kier alpha value is -2.06. The minimum absolute atomic E-state index is 0.190. The van der Waals surface area contributed by atoms with Crippen LogP contribution in [0.2, 0.25) is 0 Å². The molecule has 0 aromatic carbocycles. The maximum atomic E-state index is 12.4. The number of nitrogens with zero attached hydrogens (tertiary/aromatic N) is 2. The van der Waals surface area contributed by atoms with Gasteiger partial charge >= 0.3 is 12.1 Å². The van der Waals surface area contributed by atoms with Gasteiger partial charge in [0.1, 0.15) is 12.1 Å². The summed E-state index contributed by atoms with van der Waals surface area (Å²) < 4.78 is 38.1. The highest BCUT2D eigenvalue weighted by molar-refractivity contribution is 5.90. The number of hydrogen-bond acceptors (Lipinski definition) is 3. The van der Waals surface area contributed by atoms with Gasteiger partial charge in [0.2, 0.25) is 5.91 Å². The molecular formula is C13H16F3N3O3. The Morgan fingerprint density at radius 2 is 1.95 bits per heavy atom. The van der Waals surface area contributed by atoms with E-state index in [1.807, 2.05) is 0 Å². The predicted molar refractivity (Wildman–Crippen MR) is 69.2 cm³/mol. The minimum Gasteiger partial charge on any atom is -0.480 e. The third kappa shape index (κ3) is 3.40. The largest absolute Gasteiger partial charge is 0.480 e. The van der Waals surface area contributed by atoms with Crippen LogP contribution in [0.1, 0.15) is 29.8 Å². The van der Waals surface area contributed by atoms with Gasteiger partial charge in [-0.3, -0.25) is 9.48 Å². The zero-order valence-electron chi connectivity index (χ0n) is 12.1. The second kappa shape index (κ2) is 5.29. The number of nitrogens with one attached hydrogen (secondary N) is 1. The molecule has 1 amide bonds. The zero-order valence-corrected chi connectivity index (χ0v) is 12.1. The maximum absolute atomic E-state index is 12.4. The lowest BCUT2D eigenvalue weighted by Gasteiger charge is -2.12. The Bertz CT molecular complexity index is 618. The lowest BCUT2D eigenvalue weighted by Crippen LogP contribution is -2.43. The van der Waals surface area contributed by atoms with E-state index in [9.17, 15) is 22.8 Å². The number of carbonyl (C=O) groups is 2. The summed E-state index contributed by atoms with van der Waals surface area (Å²) in [7, 11) is 0. The molecule has 9 heteroatoms. The lowest BCUT2D eigenvalue weighted by molar-refractivity contribution is -0.143. The standard InChI is InChI=1S/C13H16F3N3O3/c1-7-9(8(2)19(18-7)6-13(14,15)16)5-10(20)17-12(3-4-12)11(21)22/h3-6H2,1-2H3,(H,17,20)(H,21,22). The van der Waals surface area contributed by atoms with Gasteiger partial charge in [-0.25, -0.2) is 4.79 Å². The summed E-state index contributed by atoms with van der Waals surface area (Å²) in [5.41, 5.74) is -0.230. The van der Waals surface area contributed by atoms with Gasteiger partial charge in [-0.15, -0.1) is 0 Å². The fourth-order valence-electron chi connectivity index (χ4n) is 2.30. The van der Waals surface area contributed by atoms with Crippen LogP contribution in [0.3, 0.4) is 0 Å². The quantitative estimate of drug-likeness (QED) is 0.858. The third-order valence-corrected chi connectivity index (χ3v) is 3.74. The smallest absolute Gasteiger partial charge is 0.408 e. The fourth-order valence-corrected chi connectivity index (χ4v) is 2.30. The van der Waals surface area contributed by atoms with Gasteiger partial charge < -0.3 is 10.4 Å². The maximum Gasteiger partial charge on any atom is 0.408 e. The highest BCUT2D eigenvalue weighted by atomic mass is 19.4. The average molecular weight is 319 g/mol. The molecule has 0 atom stereocenters. The number of aliphatic carboxylic acids is 1. The van der Waals surface area contributed by atoms with Crippen molar-refractivity contribution in [3.05, 3.63) is 17.0 Å². The highest BCUT2D eigenvalue weighted by Gasteiger charge is 2.51. The van der Waals surface area contributed by atoms with E-state index < -0.39 is 30.1 Å². The van der Waals surface area contributed by atoms with Gasteiger partial charge in [-0.2, -0.15) is 18.3 Å². The topological polar surface area (TPSA) is 84.2 Å². The molecule has 1 fully saturated rings. The summed E-state index contributed by atoms with van der Waals surface area (Å²) in [6.07, 6.45) is -3.87. The Morgan fingerprint density at radius 1 is 1.36 bits per heavy atom. The van der Waals surface area contributed by atoms with Gasteiger partial charge in [-0.05, 0) is 26.7 Å². The Morgan fingerprint density at radius 3 is 2.41 bits per heavy atom. The first kappa shape index (κ1) is 16.3. The molecule has 122 valence electrons. The summed E-state index contributed by atoms with van der Waals surface area (Å²) in [6.45, 7) is 1.76. The van der Waals surface area contributed by atoms with Gasteiger partial charge in [-0.1, -0.05) is 0 Å². The summed E-state index contributed by atoms with van der Waals surface area (Å²) in [4.78, 5) is 22.9. The van der Waals surface area contributed by atoms with E-state index in [1.165, 1.54) is 13.8 Å². The van der Waals surface area contributed by atoms with E-state index in [4.69, 9.17) is 5.11 Å². The molecule has 2 N–H and O–H groups in total. The molecule has 22 heavy (non-hydrogen) atoms. The van der Waals surface area contributed by atoms with Crippen molar-refractivity contribution in [2.24, 2.45) is 0 Å². The van der Waals surface area contributed by atoms with Gasteiger partial charge in [0.25, 0.3) is 0 Å². The summed E-state index contributed by atoms with van der Waals surface area (Å²) >= 11 is 0. The van der Waals surface area contributed by atoms with E-state index in [0.717, 1.165) is 4.68 Å². The number of carbonyl (C=O) groups excluding carboxylic acids is 1. The molecule has 1 aliphatic carbocycles. The predicted octanol–water partition coefficient (Wildman–Crippen LogP) is 1.34. The Labute approximate surface area is 124 Å². The van der Waals surface area contributed by atoms with Crippen molar-refractivity contribution in [2.75, 3.05) is 0 Å². The van der Waals surface area contributed by atoms with E-state index in [1.54, 1.807) is 0 Å². The van der Waals surface area contributed by atoms with Crippen molar-refractivity contribution in [1.82, 2.24) is 15.1 Å². The first-order valence-electron chi connectivity index (χ1n) is 6.68. The van der Waals surface area contributed by atoms with Gasteiger partial charge in [0.05, 0.1) is 12.1 Å². The molecule has 2 rings (SSSR count). The number of halogens is 3. The molecular weight excluding hydrogens is 303 g/mol. The SMILES string of the molecule is Cc1nn(CC(F)(F)F)c(C)c1CC(=O)NC1(C(=O)O)CC1. The number of amides is 1. The number of hydrogen-bond donors (Lipinski definition) is 2. The second-order valence-corrected chi connectivity index (χ2v) is 5.53. The van der Waals surface area contributed by atoms with Crippen molar-refractivity contribution >= 4 is 11.9 Å². The lowest BCUT2D eigenvalue weighted by atomic mass is 10.1. The fraction of sp³-hybridized carbons (Fsp3) is 0.615. The van der Waals surface area contributed by atoms with Gasteiger partial charge in [0, 0.05) is 11.3 Å². The first-order valence-corrected chi connectivity index (χ1v) is 6.68.